The Hall–Kier alpha value is -1.89. The van der Waals surface area contributed by atoms with Crippen molar-refractivity contribution in [3.05, 3.63) is 17.2 Å². The van der Waals surface area contributed by atoms with Crippen molar-refractivity contribution in [1.29, 1.82) is 0 Å². The van der Waals surface area contributed by atoms with E-state index in [0.29, 0.717) is 31.9 Å². The number of hydrogen-bond acceptors (Lipinski definition) is 4. The second-order valence-corrected chi connectivity index (χ2v) is 5.21. The van der Waals surface area contributed by atoms with Crippen LogP contribution in [0.5, 0.6) is 0 Å². The number of nitrogens with zero attached hydrogens (tertiary/aromatic N) is 3. The van der Waals surface area contributed by atoms with Gasteiger partial charge in [0.15, 0.2) is 0 Å². The summed E-state index contributed by atoms with van der Waals surface area (Å²) in [6, 6.07) is 0. The monoisotopic (exact) mass is 294 g/mol. The van der Waals surface area contributed by atoms with Gasteiger partial charge in [0.1, 0.15) is 12.2 Å². The van der Waals surface area contributed by atoms with Crippen LogP contribution in [0.2, 0.25) is 0 Å². The topological polar surface area (TPSA) is 89.5 Å². The van der Waals surface area contributed by atoms with Gasteiger partial charge in [0.25, 0.3) is 0 Å². The van der Waals surface area contributed by atoms with E-state index < -0.39 is 5.97 Å². The Kier molecular flexibility index (Phi) is 4.95. The first-order chi connectivity index (χ1) is 10.0. The predicted octanol–water partition coefficient (Wildman–Crippen LogP) is 0.263. The van der Waals surface area contributed by atoms with Crippen molar-refractivity contribution < 1.29 is 14.7 Å². The molecular formula is C14H22N4O3. The van der Waals surface area contributed by atoms with Crippen LogP contribution in [-0.2, 0) is 29.0 Å². The standard InChI is InChI=1S/C14H22N4O3/c1-3-17(4-2)9-13(19)18-6-5-10-11(8-18)16-12(15-10)7-14(20)21/h3-9H2,1-2H3,(H,15,16)(H,20,21). The van der Waals surface area contributed by atoms with Crippen molar-refractivity contribution in [2.75, 3.05) is 26.2 Å². The fourth-order valence-electron chi connectivity index (χ4n) is 2.53. The van der Waals surface area contributed by atoms with Gasteiger partial charge in [0.2, 0.25) is 5.91 Å². The lowest BCUT2D eigenvalue weighted by Crippen LogP contribution is -2.42. The zero-order chi connectivity index (χ0) is 15.4. The molecule has 7 heteroatoms. The third-order valence-corrected chi connectivity index (χ3v) is 3.81. The number of carboxylic acid groups (broad SMARTS) is 1. The molecule has 0 fully saturated rings. The average Bonchev–Trinajstić information content (AvgIpc) is 2.84. The summed E-state index contributed by atoms with van der Waals surface area (Å²) in [6.07, 6.45) is 0.565. The van der Waals surface area contributed by atoms with Crippen LogP contribution in [0.25, 0.3) is 0 Å². The number of rotatable bonds is 6. The van der Waals surface area contributed by atoms with E-state index in [0.717, 1.165) is 24.5 Å². The molecule has 116 valence electrons. The summed E-state index contributed by atoms with van der Waals surface area (Å²) in [6.45, 7) is 7.35. The third kappa shape index (κ3) is 3.81. The number of hydrogen-bond donors (Lipinski definition) is 2. The Labute approximate surface area is 124 Å². The first kappa shape index (κ1) is 15.5. The molecule has 0 saturated carbocycles. The first-order valence-corrected chi connectivity index (χ1v) is 7.32. The molecule has 0 aliphatic carbocycles. The average molecular weight is 294 g/mol. The number of carboxylic acids is 1. The maximum absolute atomic E-state index is 12.3. The van der Waals surface area contributed by atoms with Crippen molar-refractivity contribution >= 4 is 11.9 Å². The molecule has 1 amide bonds. The minimum Gasteiger partial charge on any atom is -0.481 e. The van der Waals surface area contributed by atoms with Gasteiger partial charge in [0, 0.05) is 13.0 Å². The van der Waals surface area contributed by atoms with Crippen LogP contribution in [0.15, 0.2) is 0 Å². The molecule has 0 spiro atoms. The Morgan fingerprint density at radius 3 is 2.71 bits per heavy atom. The van der Waals surface area contributed by atoms with Crippen molar-refractivity contribution in [2.24, 2.45) is 0 Å². The molecule has 21 heavy (non-hydrogen) atoms. The van der Waals surface area contributed by atoms with Gasteiger partial charge in [-0.2, -0.15) is 0 Å². The molecule has 0 saturated heterocycles. The highest BCUT2D eigenvalue weighted by Crippen LogP contribution is 2.17. The number of H-pyrrole nitrogens is 1. The van der Waals surface area contributed by atoms with E-state index in [2.05, 4.69) is 14.9 Å². The number of imidazole rings is 1. The highest BCUT2D eigenvalue weighted by atomic mass is 16.4. The van der Waals surface area contributed by atoms with Crippen molar-refractivity contribution in [1.82, 2.24) is 19.8 Å². The fraction of sp³-hybridized carbons (Fsp3) is 0.643. The number of aromatic nitrogens is 2. The number of nitrogens with one attached hydrogen (secondary N) is 1. The Bertz CT molecular complexity index is 522. The van der Waals surface area contributed by atoms with Gasteiger partial charge in [-0.3, -0.25) is 14.5 Å². The summed E-state index contributed by atoms with van der Waals surface area (Å²) >= 11 is 0. The number of carbonyl (C=O) groups excluding carboxylic acids is 1. The smallest absolute Gasteiger partial charge is 0.311 e. The Balaban J connectivity index is 2.00. The van der Waals surface area contributed by atoms with E-state index >= 15 is 0 Å². The predicted molar refractivity (Wildman–Crippen MR) is 76.8 cm³/mol. The maximum Gasteiger partial charge on any atom is 0.311 e. The second kappa shape index (κ2) is 6.71. The summed E-state index contributed by atoms with van der Waals surface area (Å²) < 4.78 is 0. The Morgan fingerprint density at radius 1 is 1.38 bits per heavy atom. The number of likely N-dealkylation sites (N-methyl/N-ethyl adjacent to an activating group) is 1. The van der Waals surface area contributed by atoms with Crippen LogP contribution in [-0.4, -0.2) is 62.9 Å². The molecule has 7 nitrogen and oxygen atoms in total. The summed E-state index contributed by atoms with van der Waals surface area (Å²) in [4.78, 5) is 34.2. The fourth-order valence-corrected chi connectivity index (χ4v) is 2.53. The van der Waals surface area contributed by atoms with Gasteiger partial charge in [-0.05, 0) is 13.1 Å². The molecule has 0 atom stereocenters. The van der Waals surface area contributed by atoms with E-state index in [1.54, 1.807) is 0 Å². The summed E-state index contributed by atoms with van der Waals surface area (Å²) in [5.41, 5.74) is 1.75. The molecule has 0 aromatic carbocycles. The van der Waals surface area contributed by atoms with Crippen LogP contribution in [0.3, 0.4) is 0 Å². The maximum atomic E-state index is 12.3. The molecule has 2 rings (SSSR count). The minimum atomic E-state index is -0.907. The first-order valence-electron chi connectivity index (χ1n) is 7.32. The lowest BCUT2D eigenvalue weighted by atomic mass is 10.1. The summed E-state index contributed by atoms with van der Waals surface area (Å²) in [7, 11) is 0. The van der Waals surface area contributed by atoms with E-state index in [4.69, 9.17) is 5.11 Å². The summed E-state index contributed by atoms with van der Waals surface area (Å²) in [5.74, 6) is -0.333. The van der Waals surface area contributed by atoms with Crippen LogP contribution >= 0.6 is 0 Å². The third-order valence-electron chi connectivity index (χ3n) is 3.81. The van der Waals surface area contributed by atoms with Gasteiger partial charge < -0.3 is 15.0 Å². The highest BCUT2D eigenvalue weighted by Gasteiger charge is 2.24. The van der Waals surface area contributed by atoms with Crippen LogP contribution in [0, 0.1) is 0 Å². The van der Waals surface area contributed by atoms with E-state index in [9.17, 15) is 9.59 Å². The quantitative estimate of drug-likeness (QED) is 0.785. The highest BCUT2D eigenvalue weighted by molar-refractivity contribution is 5.78. The number of fused-ring (bicyclic) bond motifs is 1. The minimum absolute atomic E-state index is 0.110. The number of amides is 1. The molecule has 0 unspecified atom stereocenters. The van der Waals surface area contributed by atoms with E-state index in [1.165, 1.54) is 0 Å². The molecule has 2 heterocycles. The van der Waals surface area contributed by atoms with Gasteiger partial charge in [-0.1, -0.05) is 13.8 Å². The molecule has 0 bridgehead atoms. The molecule has 1 aromatic heterocycles. The van der Waals surface area contributed by atoms with Crippen LogP contribution in [0.1, 0.15) is 31.1 Å². The molecule has 1 aromatic rings. The van der Waals surface area contributed by atoms with Crippen LogP contribution < -0.4 is 0 Å². The van der Waals surface area contributed by atoms with Crippen molar-refractivity contribution in [2.45, 2.75) is 33.2 Å². The van der Waals surface area contributed by atoms with Crippen molar-refractivity contribution in [3.63, 3.8) is 0 Å². The number of aromatic amines is 1. The van der Waals surface area contributed by atoms with E-state index in [-0.39, 0.29) is 12.3 Å². The lowest BCUT2D eigenvalue weighted by molar-refractivity contribution is -0.136. The van der Waals surface area contributed by atoms with Gasteiger partial charge >= 0.3 is 5.97 Å². The Morgan fingerprint density at radius 2 is 2.10 bits per heavy atom. The van der Waals surface area contributed by atoms with Gasteiger partial charge in [0.05, 0.1) is 24.5 Å². The zero-order valence-electron chi connectivity index (χ0n) is 12.6. The lowest BCUT2D eigenvalue weighted by Gasteiger charge is -2.28. The SMILES string of the molecule is CCN(CC)CC(=O)N1CCc2nc(CC(=O)O)[nH]c2C1. The number of aliphatic carboxylic acids is 1. The van der Waals surface area contributed by atoms with Crippen LogP contribution in [0.4, 0.5) is 0 Å². The molecule has 2 N–H and O–H groups in total. The van der Waals surface area contributed by atoms with E-state index in [1.807, 2.05) is 18.7 Å². The zero-order valence-corrected chi connectivity index (χ0v) is 12.6. The van der Waals surface area contributed by atoms with Crippen molar-refractivity contribution in [3.8, 4) is 0 Å². The molecular weight excluding hydrogens is 272 g/mol. The number of carbonyl (C=O) groups is 2. The second-order valence-electron chi connectivity index (χ2n) is 5.21. The van der Waals surface area contributed by atoms with Gasteiger partial charge in [-0.15, -0.1) is 0 Å². The normalized spacial score (nSPS) is 14.3. The summed E-state index contributed by atoms with van der Waals surface area (Å²) in [5, 5.41) is 8.79. The molecule has 0 radical (unpaired) electrons. The molecule has 1 aliphatic rings. The molecule has 1 aliphatic heterocycles. The largest absolute Gasteiger partial charge is 0.481 e. The van der Waals surface area contributed by atoms with Gasteiger partial charge in [-0.25, -0.2) is 4.98 Å².